The van der Waals surface area contributed by atoms with Crippen molar-refractivity contribution in [2.45, 2.75) is 30.8 Å². The van der Waals surface area contributed by atoms with Crippen molar-refractivity contribution in [2.24, 2.45) is 0 Å². The van der Waals surface area contributed by atoms with Crippen molar-refractivity contribution in [3.05, 3.63) is 71.9 Å². The summed E-state index contributed by atoms with van der Waals surface area (Å²) in [5.41, 5.74) is 2.62. The van der Waals surface area contributed by atoms with E-state index < -0.39 is 0 Å². The van der Waals surface area contributed by atoms with E-state index in [4.69, 9.17) is 0 Å². The molecule has 4 nitrogen and oxygen atoms in total. The smallest absolute Gasteiger partial charge is 0.137 e. The van der Waals surface area contributed by atoms with E-state index in [9.17, 15) is 0 Å². The summed E-state index contributed by atoms with van der Waals surface area (Å²) in [6.07, 6.45) is 6.85. The minimum absolute atomic E-state index is 0.429. The van der Waals surface area contributed by atoms with Crippen LogP contribution in [-0.2, 0) is 6.54 Å². The standard InChI is InChI=1S/C19H20N4S/c1-14-20-9-10-23(14)19-7-6-15(13-22-19)12-21-17-8-11-24-18-5-3-2-4-16(17)18/h2-7,9-10,13,17,21H,8,11-12H2,1H3. The molecule has 0 aliphatic carbocycles. The van der Waals surface area contributed by atoms with E-state index in [1.165, 1.54) is 28.2 Å². The van der Waals surface area contributed by atoms with E-state index in [-0.39, 0.29) is 0 Å². The van der Waals surface area contributed by atoms with Gasteiger partial charge in [0.1, 0.15) is 11.6 Å². The molecule has 3 heterocycles. The van der Waals surface area contributed by atoms with E-state index in [0.29, 0.717) is 6.04 Å². The molecule has 5 heteroatoms. The maximum atomic E-state index is 4.57. The number of nitrogens with one attached hydrogen (secondary N) is 1. The third-order valence-corrected chi connectivity index (χ3v) is 5.52. The summed E-state index contributed by atoms with van der Waals surface area (Å²) in [7, 11) is 0. The number of hydrogen-bond acceptors (Lipinski definition) is 4. The van der Waals surface area contributed by atoms with Crippen LogP contribution in [0.5, 0.6) is 0 Å². The van der Waals surface area contributed by atoms with Crippen LogP contribution in [0.1, 0.15) is 29.4 Å². The van der Waals surface area contributed by atoms with Crippen molar-refractivity contribution in [3.63, 3.8) is 0 Å². The van der Waals surface area contributed by atoms with Crippen LogP contribution in [0.4, 0.5) is 0 Å². The highest BCUT2D eigenvalue weighted by molar-refractivity contribution is 7.99. The molecule has 3 aromatic rings. The number of pyridine rings is 1. The normalized spacial score (nSPS) is 16.8. The van der Waals surface area contributed by atoms with E-state index in [1.54, 1.807) is 6.20 Å². The molecule has 1 aliphatic rings. The van der Waals surface area contributed by atoms with Crippen LogP contribution < -0.4 is 5.32 Å². The Morgan fingerprint density at radius 2 is 2.12 bits per heavy atom. The summed E-state index contributed by atoms with van der Waals surface area (Å²) in [5, 5.41) is 3.69. The molecule has 1 unspecified atom stereocenters. The van der Waals surface area contributed by atoms with Crippen molar-refractivity contribution in [1.82, 2.24) is 19.9 Å². The lowest BCUT2D eigenvalue weighted by Gasteiger charge is -2.26. The molecule has 1 aromatic carbocycles. The number of fused-ring (bicyclic) bond motifs is 1. The fraction of sp³-hybridized carbons (Fsp3) is 0.263. The SMILES string of the molecule is Cc1nccn1-c1ccc(CNC2CCSc3ccccc32)cn1. The zero-order valence-electron chi connectivity index (χ0n) is 13.6. The average Bonchev–Trinajstić information content (AvgIpc) is 3.06. The fourth-order valence-corrected chi connectivity index (χ4v) is 4.20. The van der Waals surface area contributed by atoms with Gasteiger partial charge in [-0.1, -0.05) is 24.3 Å². The minimum Gasteiger partial charge on any atom is -0.306 e. The summed E-state index contributed by atoms with van der Waals surface area (Å²) >= 11 is 1.95. The number of hydrogen-bond donors (Lipinski definition) is 1. The van der Waals surface area contributed by atoms with Gasteiger partial charge >= 0.3 is 0 Å². The van der Waals surface area contributed by atoms with Crippen molar-refractivity contribution >= 4 is 11.8 Å². The summed E-state index contributed by atoms with van der Waals surface area (Å²) in [6, 6.07) is 13.3. The van der Waals surface area contributed by atoms with Crippen LogP contribution >= 0.6 is 11.8 Å². The lowest BCUT2D eigenvalue weighted by Crippen LogP contribution is -2.24. The van der Waals surface area contributed by atoms with Crippen molar-refractivity contribution < 1.29 is 0 Å². The second-order valence-corrected chi connectivity index (χ2v) is 7.11. The minimum atomic E-state index is 0.429. The second-order valence-electron chi connectivity index (χ2n) is 5.98. The van der Waals surface area contributed by atoms with Gasteiger partial charge in [-0.3, -0.25) is 4.57 Å². The number of imidazole rings is 1. The van der Waals surface area contributed by atoms with Gasteiger partial charge in [-0.05, 0) is 42.4 Å². The monoisotopic (exact) mass is 336 g/mol. The third-order valence-electron chi connectivity index (χ3n) is 4.39. The maximum Gasteiger partial charge on any atom is 0.137 e. The Kier molecular flexibility index (Phi) is 4.36. The number of nitrogens with zero attached hydrogens (tertiary/aromatic N) is 3. The molecular formula is C19H20N4S. The van der Waals surface area contributed by atoms with Gasteiger partial charge in [0, 0.05) is 36.1 Å². The van der Waals surface area contributed by atoms with Gasteiger partial charge in [0.05, 0.1) is 0 Å². The van der Waals surface area contributed by atoms with E-state index in [2.05, 4.69) is 51.7 Å². The zero-order chi connectivity index (χ0) is 16.4. The molecule has 0 amide bonds. The Bertz CT molecular complexity index is 825. The van der Waals surface area contributed by atoms with Crippen LogP contribution in [0.25, 0.3) is 5.82 Å². The van der Waals surface area contributed by atoms with Crippen LogP contribution in [0.3, 0.4) is 0 Å². The predicted octanol–water partition coefficient (Wildman–Crippen LogP) is 3.90. The highest BCUT2D eigenvalue weighted by atomic mass is 32.2. The zero-order valence-corrected chi connectivity index (χ0v) is 14.5. The van der Waals surface area contributed by atoms with Gasteiger partial charge in [0.25, 0.3) is 0 Å². The Labute approximate surface area is 146 Å². The summed E-state index contributed by atoms with van der Waals surface area (Å²) < 4.78 is 1.99. The first-order valence-electron chi connectivity index (χ1n) is 8.21. The first-order valence-corrected chi connectivity index (χ1v) is 9.20. The Morgan fingerprint density at radius 3 is 2.92 bits per heavy atom. The highest BCUT2D eigenvalue weighted by Gasteiger charge is 2.19. The van der Waals surface area contributed by atoms with Gasteiger partial charge < -0.3 is 5.32 Å². The van der Waals surface area contributed by atoms with Crippen molar-refractivity contribution in [2.75, 3.05) is 5.75 Å². The van der Waals surface area contributed by atoms with Crippen LogP contribution in [0, 0.1) is 6.92 Å². The summed E-state index contributed by atoms with van der Waals surface area (Å²) in [6.45, 7) is 2.82. The van der Waals surface area contributed by atoms with Crippen LogP contribution in [0.2, 0.25) is 0 Å². The van der Waals surface area contributed by atoms with Crippen molar-refractivity contribution in [1.29, 1.82) is 0 Å². The molecular weight excluding hydrogens is 316 g/mol. The number of rotatable bonds is 4. The summed E-state index contributed by atoms with van der Waals surface area (Å²) in [5.74, 6) is 3.03. The number of thioether (sulfide) groups is 1. The van der Waals surface area contributed by atoms with E-state index in [1.807, 2.05) is 35.6 Å². The molecule has 1 aliphatic heterocycles. The average molecular weight is 336 g/mol. The topological polar surface area (TPSA) is 42.7 Å². The molecule has 0 saturated heterocycles. The molecule has 4 rings (SSSR count). The molecule has 0 radical (unpaired) electrons. The highest BCUT2D eigenvalue weighted by Crippen LogP contribution is 2.35. The quantitative estimate of drug-likeness (QED) is 0.784. The molecule has 1 N–H and O–H groups in total. The molecule has 2 aromatic heterocycles. The first-order chi connectivity index (χ1) is 11.8. The lowest BCUT2D eigenvalue weighted by molar-refractivity contribution is 0.509. The molecule has 0 fully saturated rings. The Morgan fingerprint density at radius 1 is 1.21 bits per heavy atom. The lowest BCUT2D eigenvalue weighted by atomic mass is 10.0. The second kappa shape index (κ2) is 6.79. The molecule has 1 atom stereocenters. The van der Waals surface area contributed by atoms with Crippen LogP contribution in [0.15, 0.2) is 59.9 Å². The van der Waals surface area contributed by atoms with Gasteiger partial charge in [0.15, 0.2) is 0 Å². The van der Waals surface area contributed by atoms with Crippen LogP contribution in [-0.4, -0.2) is 20.3 Å². The number of aromatic nitrogens is 3. The molecule has 0 bridgehead atoms. The Balaban J connectivity index is 1.45. The molecule has 0 spiro atoms. The van der Waals surface area contributed by atoms with E-state index in [0.717, 1.165) is 18.2 Å². The van der Waals surface area contributed by atoms with Gasteiger partial charge in [-0.25, -0.2) is 9.97 Å². The third kappa shape index (κ3) is 3.09. The maximum absolute atomic E-state index is 4.57. The fourth-order valence-electron chi connectivity index (χ4n) is 3.08. The first kappa shape index (κ1) is 15.4. The molecule has 24 heavy (non-hydrogen) atoms. The molecule has 0 saturated carbocycles. The van der Waals surface area contributed by atoms with Crippen molar-refractivity contribution in [3.8, 4) is 5.82 Å². The number of aryl methyl sites for hydroxylation is 1. The number of benzene rings is 1. The summed E-state index contributed by atoms with van der Waals surface area (Å²) in [4.78, 5) is 10.2. The predicted molar refractivity (Wildman–Crippen MR) is 97.5 cm³/mol. The van der Waals surface area contributed by atoms with Gasteiger partial charge in [-0.15, -0.1) is 11.8 Å². The molecule has 122 valence electrons. The van der Waals surface area contributed by atoms with E-state index >= 15 is 0 Å². The van der Waals surface area contributed by atoms with Gasteiger partial charge in [0.2, 0.25) is 0 Å². The Hall–Kier alpha value is -2.11. The largest absolute Gasteiger partial charge is 0.306 e. The van der Waals surface area contributed by atoms with Gasteiger partial charge in [-0.2, -0.15) is 0 Å².